The Morgan fingerprint density at radius 2 is 2.06 bits per heavy atom. The van der Waals surface area contributed by atoms with Crippen LogP contribution in [0.15, 0.2) is 22.8 Å². The van der Waals surface area contributed by atoms with Crippen molar-refractivity contribution in [3.05, 3.63) is 24.2 Å². The second-order valence-electron chi connectivity index (χ2n) is 5.07. The average molecular weight is 237 g/mol. The highest BCUT2D eigenvalue weighted by molar-refractivity contribution is 5.04. The van der Waals surface area contributed by atoms with Crippen molar-refractivity contribution >= 4 is 0 Å². The zero-order valence-electron chi connectivity index (χ0n) is 10.7. The zero-order chi connectivity index (χ0) is 12.1. The molecule has 1 aromatic heterocycles. The third-order valence-electron chi connectivity index (χ3n) is 4.03. The number of methoxy groups -OCH3 is 1. The van der Waals surface area contributed by atoms with Crippen molar-refractivity contribution in [1.29, 1.82) is 0 Å². The number of ether oxygens (including phenoxy) is 1. The van der Waals surface area contributed by atoms with Crippen LogP contribution in [-0.4, -0.2) is 18.8 Å². The Hall–Kier alpha value is -0.800. The molecule has 2 N–H and O–H groups in total. The molecule has 1 unspecified atom stereocenters. The lowest BCUT2D eigenvalue weighted by Crippen LogP contribution is -2.50. The lowest BCUT2D eigenvalue weighted by molar-refractivity contribution is -0.0439. The first kappa shape index (κ1) is 12.7. The molecule has 3 nitrogen and oxygen atoms in total. The molecule has 96 valence electrons. The van der Waals surface area contributed by atoms with Crippen LogP contribution in [0, 0.1) is 0 Å². The number of hydrogen-bond acceptors (Lipinski definition) is 3. The van der Waals surface area contributed by atoms with Gasteiger partial charge in [0.05, 0.1) is 11.9 Å². The second kappa shape index (κ2) is 5.69. The maximum absolute atomic E-state index is 6.37. The van der Waals surface area contributed by atoms with Crippen molar-refractivity contribution in [2.24, 2.45) is 5.73 Å². The van der Waals surface area contributed by atoms with E-state index in [9.17, 15) is 0 Å². The summed E-state index contributed by atoms with van der Waals surface area (Å²) in [5.74, 6) is 0.957. The maximum Gasteiger partial charge on any atom is 0.105 e. The molecule has 1 saturated carbocycles. The van der Waals surface area contributed by atoms with Crippen molar-refractivity contribution in [3.63, 3.8) is 0 Å². The summed E-state index contributed by atoms with van der Waals surface area (Å²) in [6.07, 6.45) is 9.67. The van der Waals surface area contributed by atoms with Crippen molar-refractivity contribution in [2.75, 3.05) is 7.11 Å². The first-order valence-corrected chi connectivity index (χ1v) is 6.60. The Labute approximate surface area is 103 Å². The van der Waals surface area contributed by atoms with E-state index in [1.165, 1.54) is 25.7 Å². The van der Waals surface area contributed by atoms with Crippen LogP contribution in [0.2, 0.25) is 0 Å². The minimum Gasteiger partial charge on any atom is -0.469 e. The van der Waals surface area contributed by atoms with Crippen LogP contribution in [0.4, 0.5) is 0 Å². The van der Waals surface area contributed by atoms with Crippen LogP contribution in [0.1, 0.15) is 44.3 Å². The van der Waals surface area contributed by atoms with Gasteiger partial charge in [-0.05, 0) is 25.0 Å². The van der Waals surface area contributed by atoms with Crippen molar-refractivity contribution in [2.45, 2.75) is 56.6 Å². The molecular formula is C14H23NO2. The first-order chi connectivity index (χ1) is 8.27. The third kappa shape index (κ3) is 2.90. The van der Waals surface area contributed by atoms with Gasteiger partial charge < -0.3 is 14.9 Å². The Morgan fingerprint density at radius 1 is 1.35 bits per heavy atom. The van der Waals surface area contributed by atoms with Gasteiger partial charge in [0.15, 0.2) is 0 Å². The first-order valence-electron chi connectivity index (χ1n) is 6.60. The van der Waals surface area contributed by atoms with E-state index in [4.69, 9.17) is 14.9 Å². The highest BCUT2D eigenvalue weighted by Crippen LogP contribution is 2.33. The fraction of sp³-hybridized carbons (Fsp3) is 0.714. The monoisotopic (exact) mass is 237 g/mol. The highest BCUT2D eigenvalue weighted by atomic mass is 16.5. The van der Waals surface area contributed by atoms with E-state index in [0.29, 0.717) is 0 Å². The van der Waals surface area contributed by atoms with Gasteiger partial charge in [-0.1, -0.05) is 25.7 Å². The van der Waals surface area contributed by atoms with Crippen LogP contribution in [0.3, 0.4) is 0 Å². The molecule has 0 spiro atoms. The molecule has 1 fully saturated rings. The van der Waals surface area contributed by atoms with Gasteiger partial charge in [0.2, 0.25) is 0 Å². The molecule has 0 radical (unpaired) electrons. The van der Waals surface area contributed by atoms with Crippen LogP contribution < -0.4 is 5.73 Å². The summed E-state index contributed by atoms with van der Waals surface area (Å²) in [4.78, 5) is 0. The Kier molecular flexibility index (Phi) is 4.24. The van der Waals surface area contributed by atoms with Crippen LogP contribution in [0.5, 0.6) is 0 Å². The minimum atomic E-state index is -0.150. The number of nitrogens with two attached hydrogens (primary N) is 1. The van der Waals surface area contributed by atoms with Gasteiger partial charge >= 0.3 is 0 Å². The third-order valence-corrected chi connectivity index (χ3v) is 4.03. The van der Waals surface area contributed by atoms with E-state index in [-0.39, 0.29) is 11.6 Å². The summed E-state index contributed by atoms with van der Waals surface area (Å²) < 4.78 is 11.2. The molecule has 0 aliphatic heterocycles. The minimum absolute atomic E-state index is 0.0248. The van der Waals surface area contributed by atoms with Gasteiger partial charge in [0.25, 0.3) is 0 Å². The maximum atomic E-state index is 6.37. The van der Waals surface area contributed by atoms with E-state index in [1.54, 1.807) is 13.4 Å². The van der Waals surface area contributed by atoms with Crippen LogP contribution >= 0.6 is 0 Å². The molecule has 1 heterocycles. The molecule has 0 saturated heterocycles. The zero-order valence-corrected chi connectivity index (χ0v) is 10.7. The molecule has 0 bridgehead atoms. The largest absolute Gasteiger partial charge is 0.469 e. The summed E-state index contributed by atoms with van der Waals surface area (Å²) >= 11 is 0. The standard InChI is InChI=1S/C14H23NO2/c1-16-14(8-4-2-3-5-9-14)13(15)11-12-7-6-10-17-12/h6-7,10,13H,2-5,8-9,11,15H2,1H3. The molecule has 3 heteroatoms. The summed E-state index contributed by atoms with van der Waals surface area (Å²) in [6, 6.07) is 3.92. The molecule has 1 aromatic rings. The molecule has 1 aliphatic carbocycles. The molecular weight excluding hydrogens is 214 g/mol. The number of furan rings is 1. The van der Waals surface area contributed by atoms with Crippen molar-refractivity contribution < 1.29 is 9.15 Å². The predicted octanol–water partition coefficient (Wildman–Crippen LogP) is 2.89. The smallest absolute Gasteiger partial charge is 0.105 e. The van der Waals surface area contributed by atoms with Crippen LogP contribution in [-0.2, 0) is 11.2 Å². The number of hydrogen-bond donors (Lipinski definition) is 1. The molecule has 2 rings (SSSR count). The lowest BCUT2D eigenvalue weighted by Gasteiger charge is -2.36. The van der Waals surface area contributed by atoms with Crippen LogP contribution in [0.25, 0.3) is 0 Å². The molecule has 1 aliphatic rings. The van der Waals surface area contributed by atoms with E-state index in [0.717, 1.165) is 25.0 Å². The summed E-state index contributed by atoms with van der Waals surface area (Å²) in [5, 5.41) is 0. The van der Waals surface area contributed by atoms with Gasteiger partial charge in [-0.25, -0.2) is 0 Å². The molecule has 0 aromatic carbocycles. The molecule has 17 heavy (non-hydrogen) atoms. The summed E-state index contributed by atoms with van der Waals surface area (Å²) in [6.45, 7) is 0. The van der Waals surface area contributed by atoms with Gasteiger partial charge in [-0.2, -0.15) is 0 Å². The summed E-state index contributed by atoms with van der Waals surface area (Å²) in [5.41, 5.74) is 6.22. The Morgan fingerprint density at radius 3 is 2.59 bits per heavy atom. The van der Waals surface area contributed by atoms with Gasteiger partial charge in [-0.3, -0.25) is 0 Å². The lowest BCUT2D eigenvalue weighted by atomic mass is 9.84. The SMILES string of the molecule is COC1(C(N)Cc2ccco2)CCCCCC1. The van der Waals surface area contributed by atoms with Crippen molar-refractivity contribution in [1.82, 2.24) is 0 Å². The second-order valence-corrected chi connectivity index (χ2v) is 5.07. The average Bonchev–Trinajstić information content (AvgIpc) is 2.72. The molecule has 1 atom stereocenters. The van der Waals surface area contributed by atoms with Gasteiger partial charge in [0, 0.05) is 19.6 Å². The Bertz CT molecular complexity index is 313. The molecule has 0 amide bonds. The van der Waals surface area contributed by atoms with E-state index < -0.39 is 0 Å². The quantitative estimate of drug-likeness (QED) is 0.819. The van der Waals surface area contributed by atoms with Gasteiger partial charge in [-0.15, -0.1) is 0 Å². The number of rotatable bonds is 4. The van der Waals surface area contributed by atoms with Gasteiger partial charge in [0.1, 0.15) is 5.76 Å². The summed E-state index contributed by atoms with van der Waals surface area (Å²) in [7, 11) is 1.80. The van der Waals surface area contributed by atoms with E-state index >= 15 is 0 Å². The normalized spacial score (nSPS) is 22.0. The predicted molar refractivity (Wildman–Crippen MR) is 67.8 cm³/mol. The van der Waals surface area contributed by atoms with E-state index in [1.807, 2.05) is 12.1 Å². The topological polar surface area (TPSA) is 48.4 Å². The Balaban J connectivity index is 2.04. The fourth-order valence-electron chi connectivity index (χ4n) is 2.88. The van der Waals surface area contributed by atoms with Crippen molar-refractivity contribution in [3.8, 4) is 0 Å². The highest BCUT2D eigenvalue weighted by Gasteiger charge is 2.37. The van der Waals surface area contributed by atoms with E-state index in [2.05, 4.69) is 0 Å². The fourth-order valence-corrected chi connectivity index (χ4v) is 2.88.